The fraction of sp³-hybridized carbons (Fsp3) is 0.667. The molecule has 0 saturated carbocycles. The highest BCUT2D eigenvalue weighted by atomic mass is 127. The lowest BCUT2D eigenvalue weighted by atomic mass is 10.4. The fourth-order valence-electron chi connectivity index (χ4n) is 0.983. The summed E-state index contributed by atoms with van der Waals surface area (Å²) in [4.78, 5) is 4.29. The van der Waals surface area contributed by atoms with E-state index in [9.17, 15) is 0 Å². The lowest BCUT2D eigenvalue weighted by Crippen LogP contribution is -2.16. The molecule has 1 fully saturated rings. The molecule has 3 nitrogen and oxygen atoms in total. The van der Waals surface area contributed by atoms with Gasteiger partial charge in [0, 0.05) is 11.5 Å². The van der Waals surface area contributed by atoms with Crippen LogP contribution in [-0.2, 0) is 4.74 Å². The number of hydrogen-bond donors (Lipinski definition) is 0. The highest BCUT2D eigenvalue weighted by Gasteiger charge is 2.20. The van der Waals surface area contributed by atoms with E-state index in [2.05, 4.69) is 31.9 Å². The van der Waals surface area contributed by atoms with Gasteiger partial charge in [-0.3, -0.25) is 0 Å². The first-order valence-corrected chi connectivity index (χ1v) is 6.55. The van der Waals surface area contributed by atoms with Crippen molar-refractivity contribution in [2.45, 2.75) is 6.10 Å². The van der Waals surface area contributed by atoms with Gasteiger partial charge < -0.3 is 4.74 Å². The van der Waals surface area contributed by atoms with Crippen LogP contribution in [0.3, 0.4) is 0 Å². The van der Waals surface area contributed by atoms with Gasteiger partial charge in [0.25, 0.3) is 0 Å². The van der Waals surface area contributed by atoms with Gasteiger partial charge in [-0.05, 0) is 34.1 Å². The van der Waals surface area contributed by atoms with E-state index in [1.807, 2.05) is 11.8 Å². The SMILES string of the molecule is Ic1nc(C2CSCCO2)ns1. The summed E-state index contributed by atoms with van der Waals surface area (Å²) >= 11 is 5.52. The molecule has 1 aromatic heterocycles. The molecule has 0 spiro atoms. The molecule has 2 heterocycles. The molecule has 1 saturated heterocycles. The number of aromatic nitrogens is 2. The number of ether oxygens (including phenoxy) is 1. The Morgan fingerprint density at radius 2 is 2.50 bits per heavy atom. The van der Waals surface area contributed by atoms with Gasteiger partial charge in [0.2, 0.25) is 0 Å². The second kappa shape index (κ2) is 4.21. The summed E-state index contributed by atoms with van der Waals surface area (Å²) < 4.78 is 10.7. The molecule has 0 aliphatic carbocycles. The standard InChI is InChI=1S/C6H7IN2OS2/c7-6-8-5(9-12-6)4-3-11-2-1-10-4/h4H,1-3H2. The summed E-state index contributed by atoms with van der Waals surface area (Å²) in [5, 5.41) is 0. The van der Waals surface area contributed by atoms with E-state index in [-0.39, 0.29) is 6.10 Å². The molecule has 1 aliphatic heterocycles. The fourth-order valence-corrected chi connectivity index (χ4v) is 2.83. The molecule has 6 heteroatoms. The van der Waals surface area contributed by atoms with Crippen LogP contribution in [-0.4, -0.2) is 27.5 Å². The average molecular weight is 314 g/mol. The predicted octanol–water partition coefficient (Wildman–Crippen LogP) is 1.95. The van der Waals surface area contributed by atoms with Crippen molar-refractivity contribution in [3.05, 3.63) is 8.84 Å². The van der Waals surface area contributed by atoms with Crippen molar-refractivity contribution in [2.75, 3.05) is 18.1 Å². The molecular weight excluding hydrogens is 307 g/mol. The third-order valence-electron chi connectivity index (χ3n) is 1.52. The summed E-state index contributed by atoms with van der Waals surface area (Å²) in [5.74, 6) is 2.95. The van der Waals surface area contributed by atoms with Gasteiger partial charge >= 0.3 is 0 Å². The van der Waals surface area contributed by atoms with Crippen LogP contribution in [0.5, 0.6) is 0 Å². The van der Waals surface area contributed by atoms with E-state index in [1.54, 1.807) is 0 Å². The van der Waals surface area contributed by atoms with Gasteiger partial charge in [0.1, 0.15) is 6.10 Å². The van der Waals surface area contributed by atoms with Crippen LogP contribution in [0.25, 0.3) is 0 Å². The van der Waals surface area contributed by atoms with E-state index < -0.39 is 0 Å². The van der Waals surface area contributed by atoms with Gasteiger partial charge in [-0.2, -0.15) is 16.1 Å². The summed E-state index contributed by atoms with van der Waals surface area (Å²) in [6.45, 7) is 0.825. The number of rotatable bonds is 1. The molecule has 66 valence electrons. The maximum atomic E-state index is 5.53. The Kier molecular flexibility index (Phi) is 3.21. The molecule has 1 aromatic rings. The molecule has 0 N–H and O–H groups in total. The summed E-state index contributed by atoms with van der Waals surface area (Å²) in [6.07, 6.45) is 0.128. The minimum Gasteiger partial charge on any atom is -0.368 e. The topological polar surface area (TPSA) is 35.0 Å². The van der Waals surface area contributed by atoms with Crippen molar-refractivity contribution in [2.24, 2.45) is 0 Å². The Balaban J connectivity index is 2.08. The molecular formula is C6H7IN2OS2. The van der Waals surface area contributed by atoms with Gasteiger partial charge in [-0.25, -0.2) is 4.98 Å². The van der Waals surface area contributed by atoms with Gasteiger partial charge in [0.15, 0.2) is 8.84 Å². The van der Waals surface area contributed by atoms with Crippen molar-refractivity contribution in [3.63, 3.8) is 0 Å². The van der Waals surface area contributed by atoms with Gasteiger partial charge in [0.05, 0.1) is 6.61 Å². The minimum atomic E-state index is 0.128. The molecule has 1 unspecified atom stereocenters. The van der Waals surface area contributed by atoms with Crippen LogP contribution in [0.4, 0.5) is 0 Å². The first-order chi connectivity index (χ1) is 5.86. The number of halogens is 1. The van der Waals surface area contributed by atoms with Crippen molar-refractivity contribution in [3.8, 4) is 0 Å². The van der Waals surface area contributed by atoms with Crippen molar-refractivity contribution >= 4 is 45.9 Å². The molecule has 1 aliphatic rings. The normalized spacial score (nSPS) is 24.2. The summed E-state index contributed by atoms with van der Waals surface area (Å²) in [6, 6.07) is 0. The number of hydrogen-bond acceptors (Lipinski definition) is 5. The quantitative estimate of drug-likeness (QED) is 0.742. The second-order valence-electron chi connectivity index (χ2n) is 2.34. The van der Waals surface area contributed by atoms with Crippen molar-refractivity contribution < 1.29 is 4.74 Å². The van der Waals surface area contributed by atoms with Crippen molar-refractivity contribution in [1.29, 1.82) is 0 Å². The molecule has 12 heavy (non-hydrogen) atoms. The Morgan fingerprint density at radius 3 is 3.08 bits per heavy atom. The summed E-state index contributed by atoms with van der Waals surface area (Å²) in [5.41, 5.74) is 0. The third kappa shape index (κ3) is 2.09. The molecule has 2 rings (SSSR count). The predicted molar refractivity (Wildman–Crippen MR) is 58.6 cm³/mol. The van der Waals surface area contributed by atoms with Crippen LogP contribution in [0.15, 0.2) is 0 Å². The van der Waals surface area contributed by atoms with Gasteiger partial charge in [-0.1, -0.05) is 0 Å². The average Bonchev–Trinajstić information content (AvgIpc) is 2.54. The molecule has 0 radical (unpaired) electrons. The molecule has 0 bridgehead atoms. The zero-order valence-electron chi connectivity index (χ0n) is 6.20. The first-order valence-electron chi connectivity index (χ1n) is 3.55. The highest BCUT2D eigenvalue weighted by Crippen LogP contribution is 2.25. The summed E-state index contributed by atoms with van der Waals surface area (Å²) in [7, 11) is 0. The number of nitrogens with zero attached hydrogens (tertiary/aromatic N) is 2. The van der Waals surface area contributed by atoms with E-state index >= 15 is 0 Å². The largest absolute Gasteiger partial charge is 0.368 e. The maximum Gasteiger partial charge on any atom is 0.174 e. The van der Waals surface area contributed by atoms with E-state index in [1.165, 1.54) is 11.5 Å². The molecule has 0 amide bonds. The lowest BCUT2D eigenvalue weighted by Gasteiger charge is -2.19. The molecule has 1 atom stereocenters. The molecule has 0 aromatic carbocycles. The van der Waals surface area contributed by atoms with E-state index in [0.717, 1.165) is 27.0 Å². The Bertz CT molecular complexity index is 262. The van der Waals surface area contributed by atoms with Crippen LogP contribution in [0.1, 0.15) is 11.9 Å². The lowest BCUT2D eigenvalue weighted by molar-refractivity contribution is 0.0702. The second-order valence-corrected chi connectivity index (χ2v) is 6.00. The van der Waals surface area contributed by atoms with Crippen LogP contribution in [0, 0.1) is 3.01 Å². The van der Waals surface area contributed by atoms with E-state index in [0.29, 0.717) is 0 Å². The Hall–Kier alpha value is 0.600. The zero-order valence-corrected chi connectivity index (χ0v) is 9.99. The minimum absolute atomic E-state index is 0.128. The van der Waals surface area contributed by atoms with Crippen LogP contribution in [0.2, 0.25) is 0 Å². The number of thioether (sulfide) groups is 1. The maximum absolute atomic E-state index is 5.53. The zero-order chi connectivity index (χ0) is 8.39. The van der Waals surface area contributed by atoms with Crippen molar-refractivity contribution in [1.82, 2.24) is 9.36 Å². The van der Waals surface area contributed by atoms with E-state index in [4.69, 9.17) is 4.74 Å². The Morgan fingerprint density at radius 1 is 1.58 bits per heavy atom. The monoisotopic (exact) mass is 314 g/mol. The smallest absolute Gasteiger partial charge is 0.174 e. The van der Waals surface area contributed by atoms with Crippen LogP contribution >= 0.6 is 45.9 Å². The third-order valence-corrected chi connectivity index (χ3v) is 3.87. The first kappa shape index (κ1) is 9.17. The van der Waals surface area contributed by atoms with Gasteiger partial charge in [-0.15, -0.1) is 0 Å². The Labute approximate surface area is 92.6 Å². The highest BCUT2D eigenvalue weighted by molar-refractivity contribution is 14.1. The van der Waals surface area contributed by atoms with Crippen LogP contribution < -0.4 is 0 Å².